The Bertz CT molecular complexity index is 301. The molecule has 0 N–H and O–H groups in total. The summed E-state index contributed by atoms with van der Waals surface area (Å²) in [5, 5.41) is 0. The van der Waals surface area contributed by atoms with Crippen LogP contribution in [0, 0.1) is 5.82 Å². The van der Waals surface area contributed by atoms with E-state index < -0.39 is 17.6 Å². The topological polar surface area (TPSA) is 0 Å². The van der Waals surface area contributed by atoms with Crippen molar-refractivity contribution < 1.29 is 17.6 Å². The number of halogens is 4. The number of hydrogen-bond donors (Lipinski definition) is 0. The lowest BCUT2D eigenvalue weighted by Gasteiger charge is -2.08. The van der Waals surface area contributed by atoms with Gasteiger partial charge in [-0.2, -0.15) is 13.2 Å². The highest BCUT2D eigenvalue weighted by Crippen LogP contribution is 2.31. The summed E-state index contributed by atoms with van der Waals surface area (Å²) in [5.41, 5.74) is -0.708. The van der Waals surface area contributed by atoms with Crippen LogP contribution in [0.1, 0.15) is 18.1 Å². The molecule has 0 saturated heterocycles. The minimum atomic E-state index is -4.60. The van der Waals surface area contributed by atoms with Crippen LogP contribution in [0.25, 0.3) is 0 Å². The summed E-state index contributed by atoms with van der Waals surface area (Å²) in [7, 11) is 0. The Morgan fingerprint density at radius 2 is 1.85 bits per heavy atom. The van der Waals surface area contributed by atoms with Gasteiger partial charge in [0, 0.05) is 0 Å². The van der Waals surface area contributed by atoms with Crippen LogP contribution in [0.15, 0.2) is 18.2 Å². The summed E-state index contributed by atoms with van der Waals surface area (Å²) >= 11 is 0. The van der Waals surface area contributed by atoms with Gasteiger partial charge in [0.05, 0.1) is 5.56 Å². The molecule has 0 aliphatic carbocycles. The van der Waals surface area contributed by atoms with E-state index in [1.807, 2.05) is 0 Å². The molecule has 4 heteroatoms. The summed E-state index contributed by atoms with van der Waals surface area (Å²) in [6.45, 7) is 1.72. The van der Waals surface area contributed by atoms with Crippen LogP contribution in [-0.4, -0.2) is 0 Å². The zero-order chi connectivity index (χ0) is 10.1. The average molecular weight is 192 g/mol. The fourth-order valence-corrected chi connectivity index (χ4v) is 1.01. The lowest BCUT2D eigenvalue weighted by molar-refractivity contribution is -0.140. The third-order valence-corrected chi connectivity index (χ3v) is 1.74. The largest absolute Gasteiger partial charge is 0.419 e. The van der Waals surface area contributed by atoms with Crippen molar-refractivity contribution in [2.24, 2.45) is 0 Å². The van der Waals surface area contributed by atoms with E-state index in [0.717, 1.165) is 12.1 Å². The Morgan fingerprint density at radius 3 is 2.31 bits per heavy atom. The molecule has 0 nitrogen and oxygen atoms in total. The van der Waals surface area contributed by atoms with E-state index >= 15 is 0 Å². The van der Waals surface area contributed by atoms with E-state index in [1.54, 1.807) is 6.92 Å². The number of rotatable bonds is 1. The molecule has 1 aromatic carbocycles. The molecule has 0 aromatic heterocycles. The number of hydrogen-bond acceptors (Lipinski definition) is 0. The van der Waals surface area contributed by atoms with Gasteiger partial charge in [-0.1, -0.05) is 13.0 Å². The lowest BCUT2D eigenvalue weighted by atomic mass is 10.1. The van der Waals surface area contributed by atoms with Gasteiger partial charge in [-0.25, -0.2) is 4.39 Å². The Balaban J connectivity index is 3.19. The highest BCUT2D eigenvalue weighted by molar-refractivity contribution is 5.27. The van der Waals surface area contributed by atoms with Gasteiger partial charge in [0.15, 0.2) is 0 Å². The van der Waals surface area contributed by atoms with Gasteiger partial charge in [0.1, 0.15) is 5.82 Å². The molecule has 0 aliphatic rings. The van der Waals surface area contributed by atoms with Crippen LogP contribution in [0.3, 0.4) is 0 Å². The smallest absolute Gasteiger partial charge is 0.206 e. The molecule has 1 aromatic rings. The second kappa shape index (κ2) is 3.36. The summed E-state index contributed by atoms with van der Waals surface area (Å²) in [6, 6.07) is 3.04. The van der Waals surface area contributed by atoms with Crippen molar-refractivity contribution in [3.63, 3.8) is 0 Å². The molecule has 0 unspecified atom stereocenters. The first-order valence-corrected chi connectivity index (χ1v) is 3.80. The Hall–Kier alpha value is -1.06. The monoisotopic (exact) mass is 192 g/mol. The molecule has 0 saturated carbocycles. The van der Waals surface area contributed by atoms with Crippen LogP contribution in [0.2, 0.25) is 0 Å². The SMILES string of the molecule is CCc1ccc(F)c(C(F)(F)F)c1. The van der Waals surface area contributed by atoms with Crippen molar-refractivity contribution >= 4 is 0 Å². The van der Waals surface area contributed by atoms with Gasteiger partial charge in [-0.3, -0.25) is 0 Å². The molecule has 0 heterocycles. The molecular formula is C9H8F4. The fraction of sp³-hybridized carbons (Fsp3) is 0.333. The minimum absolute atomic E-state index is 0.462. The van der Waals surface area contributed by atoms with Crippen LogP contribution < -0.4 is 0 Å². The van der Waals surface area contributed by atoms with Gasteiger partial charge in [-0.05, 0) is 24.1 Å². The van der Waals surface area contributed by atoms with Crippen molar-refractivity contribution in [3.8, 4) is 0 Å². The Labute approximate surface area is 73.2 Å². The van der Waals surface area contributed by atoms with Crippen molar-refractivity contribution in [3.05, 3.63) is 35.1 Å². The maximum absolute atomic E-state index is 12.7. The average Bonchev–Trinajstić information content (AvgIpc) is 2.03. The fourth-order valence-electron chi connectivity index (χ4n) is 1.01. The normalized spacial score (nSPS) is 11.8. The van der Waals surface area contributed by atoms with Gasteiger partial charge >= 0.3 is 6.18 Å². The molecular weight excluding hydrogens is 184 g/mol. The molecule has 13 heavy (non-hydrogen) atoms. The van der Waals surface area contributed by atoms with Crippen LogP contribution in [0.4, 0.5) is 17.6 Å². The maximum atomic E-state index is 12.7. The van der Waals surface area contributed by atoms with Gasteiger partial charge in [0.2, 0.25) is 0 Å². The van der Waals surface area contributed by atoms with Gasteiger partial charge < -0.3 is 0 Å². The van der Waals surface area contributed by atoms with Crippen LogP contribution >= 0.6 is 0 Å². The van der Waals surface area contributed by atoms with Crippen LogP contribution in [0.5, 0.6) is 0 Å². The highest BCUT2D eigenvalue weighted by atomic mass is 19.4. The molecule has 72 valence electrons. The second-order valence-corrected chi connectivity index (χ2v) is 2.67. The number of alkyl halides is 3. The lowest BCUT2D eigenvalue weighted by Crippen LogP contribution is -2.08. The number of benzene rings is 1. The summed E-state index contributed by atoms with van der Waals surface area (Å²) < 4.78 is 49.1. The molecule has 0 spiro atoms. The standard InChI is InChI=1S/C9H8F4/c1-2-6-3-4-8(10)7(5-6)9(11,12)13/h3-5H,2H2,1H3. The van der Waals surface area contributed by atoms with E-state index in [4.69, 9.17) is 0 Å². The van der Waals surface area contributed by atoms with E-state index in [1.165, 1.54) is 6.07 Å². The van der Waals surface area contributed by atoms with Gasteiger partial charge in [-0.15, -0.1) is 0 Å². The van der Waals surface area contributed by atoms with Crippen molar-refractivity contribution in [1.82, 2.24) is 0 Å². The molecule has 0 amide bonds. The van der Waals surface area contributed by atoms with Crippen molar-refractivity contribution in [2.45, 2.75) is 19.5 Å². The predicted octanol–water partition coefficient (Wildman–Crippen LogP) is 3.41. The van der Waals surface area contributed by atoms with Gasteiger partial charge in [0.25, 0.3) is 0 Å². The molecule has 0 radical (unpaired) electrons. The zero-order valence-electron chi connectivity index (χ0n) is 6.95. The van der Waals surface area contributed by atoms with E-state index in [-0.39, 0.29) is 0 Å². The second-order valence-electron chi connectivity index (χ2n) is 2.67. The maximum Gasteiger partial charge on any atom is 0.419 e. The number of aryl methyl sites for hydroxylation is 1. The van der Waals surface area contributed by atoms with E-state index in [9.17, 15) is 17.6 Å². The van der Waals surface area contributed by atoms with Crippen LogP contribution in [-0.2, 0) is 12.6 Å². The quantitative estimate of drug-likeness (QED) is 0.598. The van der Waals surface area contributed by atoms with E-state index in [0.29, 0.717) is 12.0 Å². The highest BCUT2D eigenvalue weighted by Gasteiger charge is 2.33. The first-order chi connectivity index (χ1) is 5.95. The summed E-state index contributed by atoms with van der Waals surface area (Å²) in [6.07, 6.45) is -4.14. The molecule has 0 aliphatic heterocycles. The third-order valence-electron chi connectivity index (χ3n) is 1.74. The predicted molar refractivity (Wildman–Crippen MR) is 40.8 cm³/mol. The molecule has 0 bridgehead atoms. The first-order valence-electron chi connectivity index (χ1n) is 3.80. The summed E-state index contributed by atoms with van der Waals surface area (Å²) in [5.74, 6) is -1.22. The van der Waals surface area contributed by atoms with Crippen molar-refractivity contribution in [2.75, 3.05) is 0 Å². The van der Waals surface area contributed by atoms with Crippen molar-refractivity contribution in [1.29, 1.82) is 0 Å². The van der Waals surface area contributed by atoms with E-state index in [2.05, 4.69) is 0 Å². The summed E-state index contributed by atoms with van der Waals surface area (Å²) in [4.78, 5) is 0. The molecule has 1 rings (SSSR count). The first kappa shape index (κ1) is 10.0. The third kappa shape index (κ3) is 2.20. The Kier molecular flexibility index (Phi) is 2.59. The molecule has 0 fully saturated rings. The Morgan fingerprint density at radius 1 is 1.23 bits per heavy atom. The zero-order valence-corrected chi connectivity index (χ0v) is 6.95. The minimum Gasteiger partial charge on any atom is -0.206 e. The molecule has 0 atom stereocenters.